The zero-order valence-corrected chi connectivity index (χ0v) is 18.1. The molecule has 0 fully saturated rings. The number of benzene rings is 2. The summed E-state index contributed by atoms with van der Waals surface area (Å²) in [5.74, 6) is 0.940. The van der Waals surface area contributed by atoms with Gasteiger partial charge in [-0.05, 0) is 41.2 Å². The minimum Gasteiger partial charge on any atom is -0.366 e. The van der Waals surface area contributed by atoms with Crippen molar-refractivity contribution in [1.82, 2.24) is 14.9 Å². The van der Waals surface area contributed by atoms with Crippen LogP contribution in [0, 0.1) is 0 Å². The second kappa shape index (κ2) is 8.45. The van der Waals surface area contributed by atoms with E-state index in [9.17, 15) is 4.79 Å². The van der Waals surface area contributed by atoms with Gasteiger partial charge in [0.25, 0.3) is 5.91 Å². The Morgan fingerprint density at radius 2 is 1.97 bits per heavy atom. The Hall–Kier alpha value is -3.29. The SMILES string of the molecule is CN1CCc2c(nc(NC(=O)c3cccc4cscc34)nc2NCc2ccccc2)C1. The highest BCUT2D eigenvalue weighted by Crippen LogP contribution is 2.27. The first-order chi connectivity index (χ1) is 15.2. The number of carbonyl (C=O) groups is 1. The van der Waals surface area contributed by atoms with Gasteiger partial charge in [-0.2, -0.15) is 16.3 Å². The van der Waals surface area contributed by atoms with E-state index in [1.54, 1.807) is 11.3 Å². The van der Waals surface area contributed by atoms with Crippen LogP contribution in [0.3, 0.4) is 0 Å². The molecule has 156 valence electrons. The van der Waals surface area contributed by atoms with Crippen LogP contribution in [-0.4, -0.2) is 34.4 Å². The number of nitrogens with one attached hydrogen (secondary N) is 2. The van der Waals surface area contributed by atoms with Crippen LogP contribution < -0.4 is 10.6 Å². The molecule has 1 aliphatic rings. The highest BCUT2D eigenvalue weighted by molar-refractivity contribution is 7.09. The normalized spacial score (nSPS) is 13.7. The Labute approximate surface area is 185 Å². The van der Waals surface area contributed by atoms with Crippen molar-refractivity contribution in [3.05, 3.63) is 81.7 Å². The van der Waals surface area contributed by atoms with Crippen molar-refractivity contribution < 1.29 is 4.79 Å². The van der Waals surface area contributed by atoms with Gasteiger partial charge in [0, 0.05) is 36.1 Å². The molecule has 0 spiro atoms. The first-order valence-electron chi connectivity index (χ1n) is 10.3. The van der Waals surface area contributed by atoms with Crippen molar-refractivity contribution in [2.24, 2.45) is 0 Å². The van der Waals surface area contributed by atoms with Crippen molar-refractivity contribution >= 4 is 39.8 Å². The molecule has 0 unspecified atom stereocenters. The van der Waals surface area contributed by atoms with Gasteiger partial charge in [0.05, 0.1) is 5.69 Å². The van der Waals surface area contributed by atoms with Crippen molar-refractivity contribution in [3.63, 3.8) is 0 Å². The van der Waals surface area contributed by atoms with Gasteiger partial charge in [0.2, 0.25) is 5.95 Å². The van der Waals surface area contributed by atoms with Crippen molar-refractivity contribution in [2.45, 2.75) is 19.5 Å². The van der Waals surface area contributed by atoms with E-state index in [1.165, 1.54) is 5.56 Å². The van der Waals surface area contributed by atoms with E-state index in [0.29, 0.717) is 18.1 Å². The highest BCUT2D eigenvalue weighted by atomic mass is 32.1. The fourth-order valence-corrected chi connectivity index (χ4v) is 4.72. The number of likely N-dealkylation sites (N-methyl/N-ethyl adjacent to an activating group) is 1. The molecular weight excluding hydrogens is 406 g/mol. The molecule has 0 atom stereocenters. The van der Waals surface area contributed by atoms with E-state index in [4.69, 9.17) is 4.98 Å². The average Bonchev–Trinajstić information content (AvgIpc) is 3.27. The first kappa shape index (κ1) is 19.7. The average molecular weight is 430 g/mol. The van der Waals surface area contributed by atoms with Crippen LogP contribution in [0.1, 0.15) is 27.2 Å². The lowest BCUT2D eigenvalue weighted by atomic mass is 10.1. The van der Waals surface area contributed by atoms with Crippen LogP contribution in [-0.2, 0) is 19.5 Å². The van der Waals surface area contributed by atoms with Crippen molar-refractivity contribution in [2.75, 3.05) is 24.2 Å². The third-order valence-electron chi connectivity index (χ3n) is 5.55. The van der Waals surface area contributed by atoms with Crippen LogP contribution >= 0.6 is 11.3 Å². The predicted molar refractivity (Wildman–Crippen MR) is 126 cm³/mol. The Bertz CT molecular complexity index is 1240. The van der Waals surface area contributed by atoms with E-state index in [2.05, 4.69) is 39.7 Å². The lowest BCUT2D eigenvalue weighted by molar-refractivity contribution is 0.102. The van der Waals surface area contributed by atoms with Crippen LogP contribution in [0.4, 0.5) is 11.8 Å². The Morgan fingerprint density at radius 3 is 2.84 bits per heavy atom. The number of aromatic nitrogens is 2. The number of hydrogen-bond acceptors (Lipinski definition) is 6. The summed E-state index contributed by atoms with van der Waals surface area (Å²) in [6.07, 6.45) is 0.880. The monoisotopic (exact) mass is 429 g/mol. The maximum atomic E-state index is 13.0. The van der Waals surface area contributed by atoms with E-state index in [1.807, 2.05) is 47.2 Å². The number of thiophene rings is 1. The minimum absolute atomic E-state index is 0.192. The summed E-state index contributed by atoms with van der Waals surface area (Å²) in [5.41, 5.74) is 3.91. The van der Waals surface area contributed by atoms with Gasteiger partial charge >= 0.3 is 0 Å². The van der Waals surface area contributed by atoms with Gasteiger partial charge in [0.1, 0.15) is 5.82 Å². The zero-order valence-electron chi connectivity index (χ0n) is 17.3. The molecule has 6 nitrogen and oxygen atoms in total. The van der Waals surface area contributed by atoms with E-state index < -0.39 is 0 Å². The number of fused-ring (bicyclic) bond motifs is 2. The third kappa shape index (κ3) is 4.15. The lowest BCUT2D eigenvalue weighted by Crippen LogP contribution is -2.29. The summed E-state index contributed by atoms with van der Waals surface area (Å²) >= 11 is 1.59. The Morgan fingerprint density at radius 1 is 1.10 bits per heavy atom. The molecule has 0 aliphatic carbocycles. The molecule has 0 radical (unpaired) electrons. The summed E-state index contributed by atoms with van der Waals surface area (Å²) in [6, 6.07) is 16.0. The van der Waals surface area contributed by atoms with Gasteiger partial charge in [0.15, 0.2) is 0 Å². The fourth-order valence-electron chi connectivity index (χ4n) is 3.90. The molecule has 2 aromatic carbocycles. The fraction of sp³-hybridized carbons (Fsp3) is 0.208. The molecule has 2 aromatic heterocycles. The molecule has 2 N–H and O–H groups in total. The molecule has 31 heavy (non-hydrogen) atoms. The second-order valence-electron chi connectivity index (χ2n) is 7.78. The highest BCUT2D eigenvalue weighted by Gasteiger charge is 2.22. The standard InChI is InChI=1S/C24H23N5OS/c1-29-11-10-19-21(13-29)26-24(27-22(19)25-12-16-6-3-2-4-7-16)28-23(30)18-9-5-8-17-14-31-15-20(17)18/h2-9,14-15H,10-13H2,1H3,(H2,25,26,27,28,30). The van der Waals surface area contributed by atoms with E-state index in [0.717, 1.165) is 47.4 Å². The first-order valence-corrected chi connectivity index (χ1v) is 11.2. The van der Waals surface area contributed by atoms with Crippen molar-refractivity contribution in [1.29, 1.82) is 0 Å². The number of amides is 1. The molecule has 3 heterocycles. The number of nitrogens with zero attached hydrogens (tertiary/aromatic N) is 3. The summed E-state index contributed by atoms with van der Waals surface area (Å²) < 4.78 is 0. The molecule has 7 heteroatoms. The van der Waals surface area contributed by atoms with Crippen LogP contribution in [0.25, 0.3) is 10.8 Å². The lowest BCUT2D eigenvalue weighted by Gasteiger charge is -2.26. The van der Waals surface area contributed by atoms with Gasteiger partial charge in [-0.25, -0.2) is 4.98 Å². The molecule has 0 saturated carbocycles. The molecule has 1 aliphatic heterocycles. The molecule has 4 aromatic rings. The summed E-state index contributed by atoms with van der Waals surface area (Å²) in [5, 5.41) is 12.5. The van der Waals surface area contributed by atoms with E-state index >= 15 is 0 Å². The minimum atomic E-state index is -0.192. The largest absolute Gasteiger partial charge is 0.366 e. The molecule has 5 rings (SSSR count). The smallest absolute Gasteiger partial charge is 0.258 e. The summed E-state index contributed by atoms with van der Waals surface area (Å²) in [6.45, 7) is 2.37. The van der Waals surface area contributed by atoms with Crippen LogP contribution in [0.2, 0.25) is 0 Å². The maximum Gasteiger partial charge on any atom is 0.258 e. The molecule has 1 amide bonds. The number of rotatable bonds is 5. The number of anilines is 2. The van der Waals surface area contributed by atoms with Gasteiger partial charge in [-0.1, -0.05) is 42.5 Å². The number of hydrogen-bond donors (Lipinski definition) is 2. The number of carbonyl (C=O) groups excluding carboxylic acids is 1. The van der Waals surface area contributed by atoms with Crippen LogP contribution in [0.5, 0.6) is 0 Å². The van der Waals surface area contributed by atoms with Crippen LogP contribution in [0.15, 0.2) is 59.3 Å². The summed E-state index contributed by atoms with van der Waals surface area (Å²) in [7, 11) is 2.08. The molecule has 0 saturated heterocycles. The molecule has 0 bridgehead atoms. The third-order valence-corrected chi connectivity index (χ3v) is 6.31. The van der Waals surface area contributed by atoms with E-state index in [-0.39, 0.29) is 5.91 Å². The molecular formula is C24H23N5OS. The maximum absolute atomic E-state index is 13.0. The second-order valence-corrected chi connectivity index (χ2v) is 8.53. The van der Waals surface area contributed by atoms with Gasteiger partial charge in [-0.3, -0.25) is 10.1 Å². The zero-order chi connectivity index (χ0) is 21.2. The van der Waals surface area contributed by atoms with Crippen molar-refractivity contribution in [3.8, 4) is 0 Å². The van der Waals surface area contributed by atoms with Gasteiger partial charge in [-0.15, -0.1) is 0 Å². The topological polar surface area (TPSA) is 70.2 Å². The Kier molecular flexibility index (Phi) is 5.36. The van der Waals surface area contributed by atoms with Gasteiger partial charge < -0.3 is 10.2 Å². The predicted octanol–water partition coefficient (Wildman–Crippen LogP) is 4.54. The summed E-state index contributed by atoms with van der Waals surface area (Å²) in [4.78, 5) is 24.6. The quantitative estimate of drug-likeness (QED) is 0.487. The Balaban J connectivity index is 1.44.